The number of anilines is 1. The highest BCUT2D eigenvalue weighted by atomic mass is 32.1. The van der Waals surface area contributed by atoms with Gasteiger partial charge in [-0.15, -0.1) is 0 Å². The fraction of sp³-hybridized carbons (Fsp3) is 0.211. The van der Waals surface area contributed by atoms with E-state index in [4.69, 9.17) is 9.47 Å². The molecule has 3 rings (SSSR count). The summed E-state index contributed by atoms with van der Waals surface area (Å²) in [5.41, 5.74) is 0.988. The quantitative estimate of drug-likeness (QED) is 0.545. The number of halogens is 3. The number of rotatable bonds is 6. The molecule has 3 aromatic rings. The molecule has 0 amide bonds. The minimum absolute atomic E-state index is 0.0528. The molecule has 8 heteroatoms. The number of thiophene rings is 1. The van der Waals surface area contributed by atoms with Crippen LogP contribution in [0, 0.1) is 0 Å². The first-order chi connectivity index (χ1) is 12.8. The minimum atomic E-state index is -4.44. The number of benzene rings is 1. The number of aromatic nitrogens is 1. The van der Waals surface area contributed by atoms with E-state index >= 15 is 0 Å². The zero-order chi connectivity index (χ0) is 19.4. The fourth-order valence-electron chi connectivity index (χ4n) is 2.24. The Hall–Kier alpha value is -2.74. The van der Waals surface area contributed by atoms with Crippen LogP contribution in [0.5, 0.6) is 17.5 Å². The highest BCUT2D eigenvalue weighted by molar-refractivity contribution is 7.07. The maximum atomic E-state index is 12.9. The minimum Gasteiger partial charge on any atom is -0.473 e. The van der Waals surface area contributed by atoms with Crippen molar-refractivity contribution in [1.29, 1.82) is 0 Å². The van der Waals surface area contributed by atoms with E-state index in [-0.39, 0.29) is 11.6 Å². The monoisotopic (exact) mass is 394 g/mol. The summed E-state index contributed by atoms with van der Waals surface area (Å²) < 4.78 is 49.9. The molecule has 0 fully saturated rings. The Kier molecular flexibility index (Phi) is 5.55. The number of hydrogen-bond donors (Lipinski definition) is 0. The maximum Gasteiger partial charge on any atom is 0.416 e. The molecule has 0 aliphatic rings. The van der Waals surface area contributed by atoms with E-state index in [0.29, 0.717) is 12.5 Å². The largest absolute Gasteiger partial charge is 0.473 e. The second-order valence-electron chi connectivity index (χ2n) is 5.94. The van der Waals surface area contributed by atoms with Crippen molar-refractivity contribution in [2.75, 3.05) is 19.0 Å². The van der Waals surface area contributed by atoms with E-state index in [9.17, 15) is 13.2 Å². The van der Waals surface area contributed by atoms with E-state index in [2.05, 4.69) is 4.98 Å². The summed E-state index contributed by atoms with van der Waals surface area (Å²) in [4.78, 5) is 6.08. The van der Waals surface area contributed by atoms with Gasteiger partial charge < -0.3 is 14.4 Å². The van der Waals surface area contributed by atoms with Gasteiger partial charge in [0.1, 0.15) is 12.4 Å². The predicted octanol–water partition coefficient (Wildman–Crippen LogP) is 5.60. The molecule has 0 spiro atoms. The lowest BCUT2D eigenvalue weighted by Crippen LogP contribution is -2.10. The van der Waals surface area contributed by atoms with Crippen molar-refractivity contribution in [2.24, 2.45) is 0 Å². The van der Waals surface area contributed by atoms with Crippen LogP contribution in [0.1, 0.15) is 11.1 Å². The molecule has 0 radical (unpaired) electrons. The third kappa shape index (κ3) is 5.13. The molecule has 0 unspecified atom stereocenters. The van der Waals surface area contributed by atoms with Crippen molar-refractivity contribution in [1.82, 2.24) is 4.98 Å². The van der Waals surface area contributed by atoms with Crippen molar-refractivity contribution >= 4 is 17.0 Å². The van der Waals surface area contributed by atoms with Crippen LogP contribution in [0.4, 0.5) is 18.9 Å². The first-order valence-corrected chi connectivity index (χ1v) is 8.94. The second kappa shape index (κ2) is 7.87. The van der Waals surface area contributed by atoms with Gasteiger partial charge in [-0.25, -0.2) is 0 Å². The molecule has 0 saturated carbocycles. The first-order valence-electron chi connectivity index (χ1n) is 7.99. The molecule has 4 nitrogen and oxygen atoms in total. The normalized spacial score (nSPS) is 11.3. The molecular weight excluding hydrogens is 377 g/mol. The predicted molar refractivity (Wildman–Crippen MR) is 98.7 cm³/mol. The molecule has 27 heavy (non-hydrogen) atoms. The van der Waals surface area contributed by atoms with Gasteiger partial charge in [0.05, 0.1) is 5.56 Å². The van der Waals surface area contributed by atoms with Gasteiger partial charge in [-0.1, -0.05) is 6.07 Å². The summed E-state index contributed by atoms with van der Waals surface area (Å²) in [6, 6.07) is 10.00. The average molecular weight is 394 g/mol. The third-order valence-electron chi connectivity index (χ3n) is 3.63. The molecule has 2 heterocycles. The number of ether oxygens (including phenoxy) is 2. The van der Waals surface area contributed by atoms with Crippen molar-refractivity contribution in [3.05, 3.63) is 64.4 Å². The lowest BCUT2D eigenvalue weighted by molar-refractivity contribution is -0.137. The van der Waals surface area contributed by atoms with Crippen LogP contribution in [0.3, 0.4) is 0 Å². The Morgan fingerprint density at radius 1 is 1.07 bits per heavy atom. The zero-order valence-electron chi connectivity index (χ0n) is 14.7. The molecule has 0 aliphatic carbocycles. The summed E-state index contributed by atoms with van der Waals surface area (Å²) in [6.07, 6.45) is -4.44. The molecule has 1 aromatic carbocycles. The van der Waals surface area contributed by atoms with Gasteiger partial charge in [0.2, 0.25) is 11.8 Å². The van der Waals surface area contributed by atoms with Gasteiger partial charge in [0, 0.05) is 37.5 Å². The van der Waals surface area contributed by atoms with Crippen molar-refractivity contribution in [3.63, 3.8) is 0 Å². The topological polar surface area (TPSA) is 34.6 Å². The summed E-state index contributed by atoms with van der Waals surface area (Å²) in [6.45, 7) is 0.344. The Labute approximate surface area is 158 Å². The third-order valence-corrected chi connectivity index (χ3v) is 4.36. The van der Waals surface area contributed by atoms with Gasteiger partial charge in [0.25, 0.3) is 0 Å². The Balaban J connectivity index is 1.83. The Morgan fingerprint density at radius 3 is 2.52 bits per heavy atom. The van der Waals surface area contributed by atoms with Crippen LogP contribution >= 0.6 is 11.3 Å². The number of alkyl halides is 3. The fourth-order valence-corrected chi connectivity index (χ4v) is 2.89. The highest BCUT2D eigenvalue weighted by Gasteiger charge is 2.30. The van der Waals surface area contributed by atoms with Crippen LogP contribution < -0.4 is 14.4 Å². The number of pyridine rings is 1. The standard InChI is InChI=1S/C19H17F3N2O2S/c1-24(2)15-9-17(25-11-13-6-7-27-12-13)23-18(10-15)26-16-5-3-4-14(8-16)19(20,21)22/h3-10,12H,11H2,1-2H3. The van der Waals surface area contributed by atoms with E-state index in [1.165, 1.54) is 12.1 Å². The smallest absolute Gasteiger partial charge is 0.416 e. The first kappa shape index (κ1) is 19.0. The van der Waals surface area contributed by atoms with Crippen LogP contribution in [-0.2, 0) is 12.8 Å². The number of nitrogens with zero attached hydrogens (tertiary/aromatic N) is 2. The summed E-state index contributed by atoms with van der Waals surface area (Å²) in [7, 11) is 3.68. The van der Waals surface area contributed by atoms with Crippen LogP contribution in [0.15, 0.2) is 53.2 Å². The average Bonchev–Trinajstić information content (AvgIpc) is 3.13. The van der Waals surface area contributed by atoms with Crippen LogP contribution in [0.25, 0.3) is 0 Å². The second-order valence-corrected chi connectivity index (χ2v) is 6.72. The lowest BCUT2D eigenvalue weighted by Gasteiger charge is -2.16. The van der Waals surface area contributed by atoms with Crippen LogP contribution in [-0.4, -0.2) is 19.1 Å². The van der Waals surface area contributed by atoms with Gasteiger partial charge in [-0.3, -0.25) is 0 Å². The zero-order valence-corrected chi connectivity index (χ0v) is 15.5. The van der Waals surface area contributed by atoms with Crippen LogP contribution in [0.2, 0.25) is 0 Å². The SMILES string of the molecule is CN(C)c1cc(OCc2ccsc2)nc(Oc2cccc(C(F)(F)F)c2)c1. The summed E-state index contributed by atoms with van der Waals surface area (Å²) in [5, 5.41) is 3.92. The Bertz CT molecular complexity index is 896. The number of hydrogen-bond acceptors (Lipinski definition) is 5. The lowest BCUT2D eigenvalue weighted by atomic mass is 10.2. The Morgan fingerprint density at radius 2 is 1.85 bits per heavy atom. The molecule has 0 saturated heterocycles. The van der Waals surface area contributed by atoms with E-state index < -0.39 is 11.7 Å². The van der Waals surface area contributed by atoms with Crippen molar-refractivity contribution in [2.45, 2.75) is 12.8 Å². The molecule has 0 atom stereocenters. The molecule has 2 aromatic heterocycles. The molecular formula is C19H17F3N2O2S. The van der Waals surface area contributed by atoms with E-state index in [0.717, 1.165) is 23.4 Å². The van der Waals surface area contributed by atoms with E-state index in [1.807, 2.05) is 35.8 Å². The highest BCUT2D eigenvalue weighted by Crippen LogP contribution is 2.33. The summed E-state index contributed by atoms with van der Waals surface area (Å²) in [5.74, 6) is 0.534. The summed E-state index contributed by atoms with van der Waals surface area (Å²) >= 11 is 1.57. The molecule has 0 bridgehead atoms. The molecule has 142 valence electrons. The maximum absolute atomic E-state index is 12.9. The van der Waals surface area contributed by atoms with E-state index in [1.54, 1.807) is 23.5 Å². The molecule has 0 aliphatic heterocycles. The molecule has 0 N–H and O–H groups in total. The van der Waals surface area contributed by atoms with Crippen molar-refractivity contribution < 1.29 is 22.6 Å². The van der Waals surface area contributed by atoms with Crippen molar-refractivity contribution in [3.8, 4) is 17.5 Å². The van der Waals surface area contributed by atoms with Gasteiger partial charge in [-0.2, -0.15) is 29.5 Å². The van der Waals surface area contributed by atoms with Gasteiger partial charge in [-0.05, 0) is 35.0 Å². The van der Waals surface area contributed by atoms with Gasteiger partial charge >= 0.3 is 6.18 Å². The van der Waals surface area contributed by atoms with Gasteiger partial charge in [0.15, 0.2) is 0 Å².